The second-order valence-corrected chi connectivity index (χ2v) is 1.93. The molecule has 0 aromatic carbocycles. The molecular weight excluding hydrogens is 167 g/mol. The Morgan fingerprint density at radius 2 is 1.20 bits per heavy atom. The molecule has 63 valence electrons. The van der Waals surface area contributed by atoms with Crippen LogP contribution in [0.1, 0.15) is 20.3 Å². The van der Waals surface area contributed by atoms with Crippen molar-refractivity contribution in [1.82, 2.24) is 0 Å². The van der Waals surface area contributed by atoms with Gasteiger partial charge in [-0.3, -0.25) is 0 Å². The minimum absolute atomic E-state index is 0. The quantitative estimate of drug-likeness (QED) is 0.631. The first-order valence-electron chi connectivity index (χ1n) is 2.49. The maximum atomic E-state index is 8.56. The average molecular weight is 185 g/mol. The summed E-state index contributed by atoms with van der Waals surface area (Å²) in [5.41, 5.74) is 0. The van der Waals surface area contributed by atoms with Crippen LogP contribution in [-0.2, 0) is 18.6 Å². The summed E-state index contributed by atoms with van der Waals surface area (Å²) in [6, 6.07) is 0. The third-order valence-electron chi connectivity index (χ3n) is 0.682. The van der Waals surface area contributed by atoms with Crippen molar-refractivity contribution in [2.24, 2.45) is 0 Å². The topological polar surface area (TPSA) is 40.5 Å². The molecule has 2 atom stereocenters. The Morgan fingerprint density at radius 1 is 1.00 bits per heavy atom. The zero-order valence-electron chi connectivity index (χ0n) is 7.20. The molecule has 0 rings (SSSR count). The Hall–Kier alpha value is 0.504. The van der Waals surface area contributed by atoms with Gasteiger partial charge in [-0.25, -0.2) is 0 Å². The van der Waals surface area contributed by atoms with Crippen LogP contribution in [0.4, 0.5) is 0 Å². The van der Waals surface area contributed by atoms with Gasteiger partial charge < -0.3 is 25.1 Å². The number of aliphatic hydroxyl groups is 2. The zero-order chi connectivity index (χ0) is 5.86. The van der Waals surface area contributed by atoms with Gasteiger partial charge in [-0.05, 0) is 20.3 Å². The normalized spacial score (nSPS) is 13.2. The molecule has 0 spiro atoms. The second-order valence-electron chi connectivity index (χ2n) is 1.93. The number of hydrogen-bond acceptors (Lipinski definition) is 2. The molecule has 0 saturated heterocycles. The molecule has 0 amide bonds. The molecule has 0 fully saturated rings. The van der Waals surface area contributed by atoms with Gasteiger partial charge in [-0.15, -0.1) is 0 Å². The third kappa shape index (κ3) is 23.6. The Morgan fingerprint density at radius 3 is 1.20 bits per heavy atom. The van der Waals surface area contributed by atoms with E-state index in [1.54, 1.807) is 13.8 Å². The molecule has 0 aromatic rings. The van der Waals surface area contributed by atoms with Gasteiger partial charge in [0.1, 0.15) is 0 Å². The molecule has 3 heteroatoms. The molecule has 0 heterocycles. The standard InChI is InChI=1S/C5H12O2.2CH3.V/c1-4(6)3-5(2)7;;;/h4-7H,3H2,1-2H3;2*1H3;/q;2*-1;+2. The second kappa shape index (κ2) is 12.2. The van der Waals surface area contributed by atoms with Crippen molar-refractivity contribution in [3.8, 4) is 0 Å². The Balaban J connectivity index is -0.0000000600. The van der Waals surface area contributed by atoms with E-state index >= 15 is 0 Å². The van der Waals surface area contributed by atoms with E-state index < -0.39 is 0 Å². The Kier molecular flexibility index (Phi) is 27.4. The van der Waals surface area contributed by atoms with Crippen molar-refractivity contribution in [1.29, 1.82) is 0 Å². The molecule has 0 aliphatic rings. The van der Waals surface area contributed by atoms with E-state index in [1.165, 1.54) is 0 Å². The molecule has 0 bridgehead atoms. The van der Waals surface area contributed by atoms with Crippen LogP contribution in [0.2, 0.25) is 0 Å². The van der Waals surface area contributed by atoms with E-state index in [2.05, 4.69) is 0 Å². The minimum Gasteiger partial charge on any atom is -0.393 e. The number of rotatable bonds is 2. The van der Waals surface area contributed by atoms with E-state index in [0.29, 0.717) is 6.42 Å². The molecule has 0 aliphatic heterocycles. The van der Waals surface area contributed by atoms with Gasteiger partial charge in [0.25, 0.3) is 0 Å². The Bertz CT molecular complexity index is 40.9. The third-order valence-corrected chi connectivity index (χ3v) is 0.682. The van der Waals surface area contributed by atoms with Gasteiger partial charge in [-0.1, -0.05) is 0 Å². The minimum atomic E-state index is -0.375. The van der Waals surface area contributed by atoms with Gasteiger partial charge in [0.05, 0.1) is 12.2 Å². The van der Waals surface area contributed by atoms with E-state index in [0.717, 1.165) is 0 Å². The van der Waals surface area contributed by atoms with E-state index in [-0.39, 0.29) is 45.6 Å². The van der Waals surface area contributed by atoms with Crippen LogP contribution < -0.4 is 0 Å². The molecule has 1 radical (unpaired) electrons. The summed E-state index contributed by atoms with van der Waals surface area (Å²) in [5, 5.41) is 17.1. The molecule has 2 N–H and O–H groups in total. The summed E-state index contributed by atoms with van der Waals surface area (Å²) in [6.07, 6.45) is -0.278. The first-order valence-corrected chi connectivity index (χ1v) is 2.49. The van der Waals surface area contributed by atoms with Crippen molar-refractivity contribution >= 4 is 0 Å². The van der Waals surface area contributed by atoms with Crippen LogP contribution >= 0.6 is 0 Å². The summed E-state index contributed by atoms with van der Waals surface area (Å²) < 4.78 is 0. The summed E-state index contributed by atoms with van der Waals surface area (Å²) in [4.78, 5) is 0. The van der Waals surface area contributed by atoms with Crippen LogP contribution in [0, 0.1) is 14.9 Å². The fourth-order valence-corrected chi connectivity index (χ4v) is 0.494. The predicted octanol–water partition coefficient (Wildman–Crippen LogP) is 1.04. The van der Waals surface area contributed by atoms with E-state index in [1.807, 2.05) is 0 Å². The molecule has 0 saturated carbocycles. The maximum absolute atomic E-state index is 8.56. The van der Waals surface area contributed by atoms with Gasteiger partial charge in [0.15, 0.2) is 0 Å². The number of aliphatic hydroxyl groups excluding tert-OH is 2. The SMILES string of the molecule is CC(O)CC(C)O.[CH3-].[CH3-].[V+2]. The Labute approximate surface area is 76.5 Å². The van der Waals surface area contributed by atoms with Gasteiger partial charge in [0.2, 0.25) is 0 Å². The largest absolute Gasteiger partial charge is 2.00 e. The molecular formula is C7H18O2V. The summed E-state index contributed by atoms with van der Waals surface area (Å²) in [7, 11) is 0. The van der Waals surface area contributed by atoms with Gasteiger partial charge in [0, 0.05) is 0 Å². The molecule has 2 nitrogen and oxygen atoms in total. The van der Waals surface area contributed by atoms with Crippen molar-refractivity contribution in [3.05, 3.63) is 14.9 Å². The van der Waals surface area contributed by atoms with Crippen LogP contribution in [0.25, 0.3) is 0 Å². The fraction of sp³-hybridized carbons (Fsp3) is 0.714. The van der Waals surface area contributed by atoms with Crippen molar-refractivity contribution in [2.45, 2.75) is 32.5 Å². The predicted molar refractivity (Wildman–Crippen MR) is 40.8 cm³/mol. The fourth-order valence-electron chi connectivity index (χ4n) is 0.494. The zero-order valence-corrected chi connectivity index (χ0v) is 8.60. The first kappa shape index (κ1) is 22.4. The average Bonchev–Trinajstić information content (AvgIpc) is 1.27. The summed E-state index contributed by atoms with van der Waals surface area (Å²) in [5.74, 6) is 0. The van der Waals surface area contributed by atoms with Crippen molar-refractivity contribution in [3.63, 3.8) is 0 Å². The van der Waals surface area contributed by atoms with Gasteiger partial charge in [-0.2, -0.15) is 0 Å². The monoisotopic (exact) mass is 185 g/mol. The molecule has 10 heavy (non-hydrogen) atoms. The van der Waals surface area contributed by atoms with Crippen LogP contribution in [0.3, 0.4) is 0 Å². The summed E-state index contributed by atoms with van der Waals surface area (Å²) in [6.45, 7) is 3.32. The van der Waals surface area contributed by atoms with Crippen LogP contribution in [0.15, 0.2) is 0 Å². The molecule has 0 aliphatic carbocycles. The smallest absolute Gasteiger partial charge is 0.393 e. The first-order chi connectivity index (χ1) is 3.13. The number of hydrogen-bond donors (Lipinski definition) is 2. The molecule has 2 unspecified atom stereocenters. The van der Waals surface area contributed by atoms with E-state index in [4.69, 9.17) is 10.2 Å². The van der Waals surface area contributed by atoms with Gasteiger partial charge >= 0.3 is 18.6 Å². The van der Waals surface area contributed by atoms with Crippen molar-refractivity contribution in [2.75, 3.05) is 0 Å². The van der Waals surface area contributed by atoms with E-state index in [9.17, 15) is 0 Å². The van der Waals surface area contributed by atoms with Crippen LogP contribution in [0.5, 0.6) is 0 Å². The maximum Gasteiger partial charge on any atom is 2.00 e. The van der Waals surface area contributed by atoms with Crippen LogP contribution in [-0.4, -0.2) is 22.4 Å². The molecule has 0 aromatic heterocycles. The summed E-state index contributed by atoms with van der Waals surface area (Å²) >= 11 is 0. The van der Waals surface area contributed by atoms with Crippen molar-refractivity contribution < 1.29 is 28.8 Å².